The van der Waals surface area contributed by atoms with Gasteiger partial charge >= 0.3 is 5.97 Å². The van der Waals surface area contributed by atoms with E-state index in [-0.39, 0.29) is 13.4 Å². The van der Waals surface area contributed by atoms with Crippen molar-refractivity contribution >= 4 is 12.0 Å². The average molecular weight is 308 g/mol. The van der Waals surface area contributed by atoms with Gasteiger partial charge in [0.2, 0.25) is 0 Å². The third kappa shape index (κ3) is 4.86. The van der Waals surface area contributed by atoms with E-state index >= 15 is 0 Å². The third-order valence-corrected chi connectivity index (χ3v) is 2.72. The quantitative estimate of drug-likeness (QED) is 0.570. The minimum absolute atomic E-state index is 0.0209. The summed E-state index contributed by atoms with van der Waals surface area (Å²) in [6.45, 7) is 9.48. The first kappa shape index (κ1) is 18.2. The van der Waals surface area contributed by atoms with Crippen LogP contribution in [0.2, 0.25) is 0 Å². The maximum Gasteiger partial charge on any atom is 0.342 e. The van der Waals surface area contributed by atoms with Crippen molar-refractivity contribution in [2.24, 2.45) is 0 Å². The summed E-state index contributed by atoms with van der Waals surface area (Å²) < 4.78 is 21.2. The molecule has 0 aliphatic heterocycles. The molecule has 0 radical (unpaired) electrons. The van der Waals surface area contributed by atoms with Crippen LogP contribution in [0.15, 0.2) is 18.7 Å². The second kappa shape index (κ2) is 7.96. The average Bonchev–Trinajstić information content (AvgIpc) is 2.43. The number of carbonyl (C=O) groups excluding carboxylic acids is 1. The molecule has 0 aliphatic rings. The highest BCUT2D eigenvalue weighted by molar-refractivity contribution is 5.96. The van der Waals surface area contributed by atoms with Crippen LogP contribution in [0.25, 0.3) is 6.08 Å². The van der Waals surface area contributed by atoms with Gasteiger partial charge in [-0.1, -0.05) is 24.8 Å². The van der Waals surface area contributed by atoms with Crippen LogP contribution in [0.4, 0.5) is 0 Å². The van der Waals surface area contributed by atoms with Crippen LogP contribution in [0.3, 0.4) is 0 Å². The number of carbonyl (C=O) groups is 1. The molecule has 5 heteroatoms. The van der Waals surface area contributed by atoms with E-state index in [9.17, 15) is 4.79 Å². The smallest absolute Gasteiger partial charge is 0.342 e. The van der Waals surface area contributed by atoms with E-state index in [4.69, 9.17) is 18.9 Å². The summed E-state index contributed by atoms with van der Waals surface area (Å²) in [5.41, 5.74) is 1.11. The van der Waals surface area contributed by atoms with E-state index < -0.39 is 11.6 Å². The van der Waals surface area contributed by atoms with Gasteiger partial charge in [0.15, 0.2) is 6.79 Å². The van der Waals surface area contributed by atoms with E-state index in [0.717, 1.165) is 0 Å². The molecule has 122 valence electrons. The largest absolute Gasteiger partial charge is 0.466 e. The van der Waals surface area contributed by atoms with Crippen molar-refractivity contribution < 1.29 is 23.7 Å². The highest BCUT2D eigenvalue weighted by Gasteiger charge is 2.25. The number of methoxy groups -OCH3 is 2. The Labute approximate surface area is 131 Å². The molecule has 0 heterocycles. The highest BCUT2D eigenvalue weighted by Crippen LogP contribution is 2.31. The van der Waals surface area contributed by atoms with Gasteiger partial charge in [0, 0.05) is 19.8 Å². The summed E-state index contributed by atoms with van der Waals surface area (Å²) in [6.07, 6.45) is 1.62. The highest BCUT2D eigenvalue weighted by atomic mass is 16.7. The summed E-state index contributed by atoms with van der Waals surface area (Å²) in [5.74, 6) is -0.0741. The minimum Gasteiger partial charge on any atom is -0.466 e. The Bertz CT molecular complexity index is 529. The van der Waals surface area contributed by atoms with Crippen molar-refractivity contribution in [1.29, 1.82) is 0 Å². The Morgan fingerprint density at radius 3 is 2.41 bits per heavy atom. The summed E-state index contributed by atoms with van der Waals surface area (Å²) in [7, 11) is 3.08. The molecule has 0 aromatic heterocycles. The van der Waals surface area contributed by atoms with Crippen molar-refractivity contribution in [2.75, 3.05) is 21.0 Å². The Morgan fingerprint density at radius 1 is 1.23 bits per heavy atom. The molecule has 0 saturated carbocycles. The number of rotatable bonds is 7. The van der Waals surface area contributed by atoms with Crippen molar-refractivity contribution in [3.63, 3.8) is 0 Å². The fraction of sp³-hybridized carbons (Fsp3) is 0.471. The molecule has 0 bridgehead atoms. The van der Waals surface area contributed by atoms with Gasteiger partial charge in [0.1, 0.15) is 16.9 Å². The normalized spacial score (nSPS) is 11.1. The zero-order valence-corrected chi connectivity index (χ0v) is 13.9. The fourth-order valence-corrected chi connectivity index (χ4v) is 1.90. The molecule has 0 atom stereocenters. The first-order valence-corrected chi connectivity index (χ1v) is 6.96. The number of hydrogen-bond acceptors (Lipinski definition) is 5. The monoisotopic (exact) mass is 308 g/mol. The lowest BCUT2D eigenvalue weighted by atomic mass is 10.0. The minimum atomic E-state index is -0.607. The number of benzene rings is 1. The van der Waals surface area contributed by atoms with Crippen molar-refractivity contribution in [1.82, 2.24) is 0 Å². The van der Waals surface area contributed by atoms with Crippen LogP contribution >= 0.6 is 0 Å². The molecule has 1 rings (SSSR count). The van der Waals surface area contributed by atoms with Gasteiger partial charge in [0.25, 0.3) is 0 Å². The van der Waals surface area contributed by atoms with E-state index in [1.54, 1.807) is 19.3 Å². The van der Waals surface area contributed by atoms with Crippen LogP contribution in [0, 0.1) is 0 Å². The molecule has 1 aromatic carbocycles. The molecular formula is C17H24O5. The molecular weight excluding hydrogens is 284 g/mol. The molecule has 0 saturated heterocycles. The van der Waals surface area contributed by atoms with Gasteiger partial charge in [0.05, 0.1) is 6.61 Å². The zero-order chi connectivity index (χ0) is 16.8. The van der Waals surface area contributed by atoms with Crippen molar-refractivity contribution in [3.8, 4) is 5.75 Å². The van der Waals surface area contributed by atoms with Gasteiger partial charge in [-0.05, 0) is 26.3 Å². The lowest BCUT2D eigenvalue weighted by molar-refractivity contribution is 0.00512. The molecule has 0 unspecified atom stereocenters. The van der Waals surface area contributed by atoms with E-state index in [0.29, 0.717) is 22.4 Å². The first-order valence-electron chi connectivity index (χ1n) is 6.96. The predicted molar refractivity (Wildman–Crippen MR) is 84.9 cm³/mol. The van der Waals surface area contributed by atoms with Crippen LogP contribution < -0.4 is 4.74 Å². The number of esters is 1. The van der Waals surface area contributed by atoms with Crippen LogP contribution in [0.5, 0.6) is 5.75 Å². The second-order valence-corrected chi connectivity index (χ2v) is 5.71. The number of hydrogen-bond donors (Lipinski definition) is 0. The Morgan fingerprint density at radius 2 is 1.91 bits per heavy atom. The third-order valence-electron chi connectivity index (χ3n) is 2.72. The van der Waals surface area contributed by atoms with E-state index in [1.807, 2.05) is 26.8 Å². The first-order chi connectivity index (χ1) is 10.3. The van der Waals surface area contributed by atoms with Crippen LogP contribution in [0.1, 0.15) is 42.3 Å². The van der Waals surface area contributed by atoms with Gasteiger partial charge in [-0.15, -0.1) is 0 Å². The zero-order valence-electron chi connectivity index (χ0n) is 13.9. The SMILES string of the molecule is C=Cc1ccc(COC)c(C(=O)OC(C)(C)C)c1OCOC. The fourth-order valence-electron chi connectivity index (χ4n) is 1.90. The molecule has 5 nitrogen and oxygen atoms in total. The van der Waals surface area contributed by atoms with Crippen LogP contribution in [-0.4, -0.2) is 32.6 Å². The lowest BCUT2D eigenvalue weighted by Gasteiger charge is -2.22. The van der Waals surface area contributed by atoms with E-state index in [2.05, 4.69) is 6.58 Å². The summed E-state index contributed by atoms with van der Waals surface area (Å²) >= 11 is 0. The van der Waals surface area contributed by atoms with E-state index in [1.165, 1.54) is 7.11 Å². The Kier molecular flexibility index (Phi) is 6.59. The van der Waals surface area contributed by atoms with Gasteiger partial charge in [-0.2, -0.15) is 0 Å². The van der Waals surface area contributed by atoms with Gasteiger partial charge in [-0.3, -0.25) is 0 Å². The summed E-state index contributed by atoms with van der Waals surface area (Å²) in [5, 5.41) is 0. The molecule has 0 aliphatic carbocycles. The standard InChI is InChI=1S/C17H24O5/c1-7-12-8-9-13(10-19-5)14(15(12)21-11-20-6)16(18)22-17(2,3)4/h7-9H,1,10-11H2,2-6H3. The van der Waals surface area contributed by atoms with Crippen molar-refractivity contribution in [2.45, 2.75) is 33.0 Å². The molecule has 0 spiro atoms. The molecule has 22 heavy (non-hydrogen) atoms. The Balaban J connectivity index is 3.38. The topological polar surface area (TPSA) is 54.0 Å². The molecule has 1 aromatic rings. The van der Waals surface area contributed by atoms with Crippen molar-refractivity contribution in [3.05, 3.63) is 35.4 Å². The second-order valence-electron chi connectivity index (χ2n) is 5.71. The van der Waals surface area contributed by atoms with Gasteiger partial charge < -0.3 is 18.9 Å². The summed E-state index contributed by atoms with van der Waals surface area (Å²) in [4.78, 5) is 12.6. The number of ether oxygens (including phenoxy) is 4. The predicted octanol–water partition coefficient (Wildman–Crippen LogP) is 3.41. The Hall–Kier alpha value is -1.85. The lowest BCUT2D eigenvalue weighted by Crippen LogP contribution is -2.25. The molecule has 0 N–H and O–H groups in total. The maximum absolute atomic E-state index is 12.6. The molecule has 0 fully saturated rings. The molecule has 0 amide bonds. The van der Waals surface area contributed by atoms with Gasteiger partial charge in [-0.25, -0.2) is 4.79 Å². The summed E-state index contributed by atoms with van der Waals surface area (Å²) in [6, 6.07) is 3.62. The maximum atomic E-state index is 12.6. The van der Waals surface area contributed by atoms with Crippen LogP contribution in [-0.2, 0) is 20.8 Å².